The number of hydrogen-bond donors (Lipinski definition) is 5. The van der Waals surface area contributed by atoms with Gasteiger partial charge in [0, 0.05) is 17.8 Å². The van der Waals surface area contributed by atoms with Gasteiger partial charge in [-0.15, -0.1) is 0 Å². The molecule has 4 rings (SSSR count). The van der Waals surface area contributed by atoms with Crippen LogP contribution in [-0.4, -0.2) is 72.4 Å². The van der Waals surface area contributed by atoms with Gasteiger partial charge in [-0.2, -0.15) is 0 Å². The minimum absolute atomic E-state index is 0.102. The maximum Gasteiger partial charge on any atom is 0.306 e. The largest absolute Gasteiger partial charge is 0.460 e. The Kier molecular flexibility index (Phi) is 12.2. The Morgan fingerprint density at radius 1 is 0.979 bits per heavy atom. The summed E-state index contributed by atoms with van der Waals surface area (Å²) in [5.74, 6) is -1.36. The van der Waals surface area contributed by atoms with E-state index >= 15 is 0 Å². The number of hydrogen-bond acceptors (Lipinski definition) is 8. The molecule has 0 bridgehead atoms. The molecule has 0 spiro atoms. The summed E-state index contributed by atoms with van der Waals surface area (Å²) in [5, 5.41) is 56.7. The van der Waals surface area contributed by atoms with Crippen molar-refractivity contribution in [2.24, 2.45) is 28.6 Å². The highest BCUT2D eigenvalue weighted by molar-refractivity contribution is 5.95. The van der Waals surface area contributed by atoms with Crippen LogP contribution in [0.1, 0.15) is 157 Å². The molecule has 0 amide bonds. The average Bonchev–Trinajstić information content (AvgIpc) is 3.27. The summed E-state index contributed by atoms with van der Waals surface area (Å²) in [6, 6.07) is 0. The highest BCUT2D eigenvalue weighted by Crippen LogP contribution is 2.68. The molecule has 10 atom stereocenters. The van der Waals surface area contributed by atoms with Gasteiger partial charge in [0.2, 0.25) is 0 Å². The molecule has 0 radical (unpaired) electrons. The lowest BCUT2D eigenvalue weighted by molar-refractivity contribution is -0.183. The molecule has 0 aromatic heterocycles. The van der Waals surface area contributed by atoms with Crippen LogP contribution in [0.5, 0.6) is 0 Å². The van der Waals surface area contributed by atoms with Gasteiger partial charge in [0.05, 0.1) is 29.0 Å². The third-order valence-electron chi connectivity index (χ3n) is 13.3. The number of carbonyl (C=O) groups is 2. The smallest absolute Gasteiger partial charge is 0.306 e. The van der Waals surface area contributed by atoms with Gasteiger partial charge < -0.3 is 30.3 Å². The van der Waals surface area contributed by atoms with Crippen molar-refractivity contribution in [1.82, 2.24) is 0 Å². The van der Waals surface area contributed by atoms with Crippen LogP contribution in [0, 0.1) is 28.6 Å². The molecule has 0 aromatic carbocycles. The lowest BCUT2D eigenvalue weighted by Gasteiger charge is -2.60. The number of esters is 1. The summed E-state index contributed by atoms with van der Waals surface area (Å²) < 4.78 is 5.91. The Hall–Kier alpha value is -1.32. The van der Waals surface area contributed by atoms with Crippen LogP contribution in [0.15, 0.2) is 11.6 Å². The van der Waals surface area contributed by atoms with Gasteiger partial charge in [0.1, 0.15) is 6.10 Å². The number of ketones is 1. The minimum atomic E-state index is -1.49. The number of ether oxygens (including phenoxy) is 1. The van der Waals surface area contributed by atoms with Crippen molar-refractivity contribution in [3.63, 3.8) is 0 Å². The van der Waals surface area contributed by atoms with Crippen LogP contribution < -0.4 is 0 Å². The normalized spacial score (nSPS) is 37.3. The van der Waals surface area contributed by atoms with Crippen molar-refractivity contribution in [2.45, 2.75) is 192 Å². The van der Waals surface area contributed by atoms with E-state index in [0.29, 0.717) is 50.5 Å². The fourth-order valence-corrected chi connectivity index (χ4v) is 10.2. The molecule has 270 valence electrons. The minimum Gasteiger partial charge on any atom is -0.460 e. The van der Waals surface area contributed by atoms with Crippen LogP contribution in [-0.2, 0) is 14.3 Å². The zero-order chi connectivity index (χ0) is 34.8. The van der Waals surface area contributed by atoms with E-state index in [1.165, 1.54) is 38.5 Å². The summed E-state index contributed by atoms with van der Waals surface area (Å²) in [6.07, 6.45) is 13.0. The van der Waals surface area contributed by atoms with Crippen molar-refractivity contribution >= 4 is 11.8 Å². The summed E-state index contributed by atoms with van der Waals surface area (Å²) >= 11 is 0. The summed E-state index contributed by atoms with van der Waals surface area (Å²) in [4.78, 5) is 26.6. The van der Waals surface area contributed by atoms with Gasteiger partial charge in [-0.3, -0.25) is 9.59 Å². The van der Waals surface area contributed by atoms with Gasteiger partial charge in [-0.1, -0.05) is 72.1 Å². The quantitative estimate of drug-likeness (QED) is 0.0954. The van der Waals surface area contributed by atoms with E-state index < -0.39 is 57.8 Å². The van der Waals surface area contributed by atoms with Crippen molar-refractivity contribution in [3.05, 3.63) is 11.6 Å². The summed E-state index contributed by atoms with van der Waals surface area (Å²) in [7, 11) is 0. The molecule has 4 aliphatic rings. The monoisotopic (exact) mass is 662 g/mol. The standard InChI is InChI=1S/C39H66O8/c1-7-8-9-10-11-12-13-14-15-16-34(43)47-31-25-36(4)26-17-21-37(5)32(38(6,45)33(42)19-20-35(2,3)44)18-22-39(37,46)27(26)23-29(40)28(36)24-30(31)41/h23,26,28,30-33,41-42,44-46H,7-22,24-25H2,1-6H3/t26-,28-,30+,31-,32-,33+,36+,37+,38+,39+/m0/s1. The Morgan fingerprint density at radius 3 is 2.21 bits per heavy atom. The highest BCUT2D eigenvalue weighted by atomic mass is 16.6. The van der Waals surface area contributed by atoms with E-state index in [2.05, 4.69) is 13.8 Å². The number of carbonyl (C=O) groups excluding carboxylic acids is 2. The van der Waals surface area contributed by atoms with Crippen molar-refractivity contribution in [3.8, 4) is 0 Å². The number of unbranched alkanes of at least 4 members (excludes halogenated alkanes) is 8. The molecule has 3 saturated carbocycles. The van der Waals surface area contributed by atoms with E-state index in [1.54, 1.807) is 26.8 Å². The molecule has 0 saturated heterocycles. The molecule has 0 heterocycles. The molecule has 3 fully saturated rings. The van der Waals surface area contributed by atoms with Crippen LogP contribution in [0.3, 0.4) is 0 Å². The number of aliphatic hydroxyl groups is 5. The molecule has 0 unspecified atom stereocenters. The molecule has 5 N–H and O–H groups in total. The van der Waals surface area contributed by atoms with Crippen LogP contribution >= 0.6 is 0 Å². The molecule has 8 nitrogen and oxygen atoms in total. The van der Waals surface area contributed by atoms with Gasteiger partial charge in [0.15, 0.2) is 5.78 Å². The SMILES string of the molecule is CCCCCCCCCCCC(=O)O[C@H]1C[C@@]2(C)[C@@H](C[C@H]1O)C(=O)C=C1[C@@H]2CC[C@]2(C)[C@@H]([C@@](C)(O)[C@H](O)CCC(C)(C)O)CC[C@@]12O. The fraction of sp³-hybridized carbons (Fsp3) is 0.897. The van der Waals surface area contributed by atoms with E-state index in [9.17, 15) is 35.1 Å². The van der Waals surface area contributed by atoms with Crippen LogP contribution in [0.4, 0.5) is 0 Å². The number of aliphatic hydroxyl groups excluding tert-OH is 2. The molecule has 8 heteroatoms. The first-order valence-electron chi connectivity index (χ1n) is 18.9. The second-order valence-corrected chi connectivity index (χ2v) is 17.2. The first-order chi connectivity index (χ1) is 21.9. The molecular formula is C39H66O8. The van der Waals surface area contributed by atoms with Gasteiger partial charge in [0.25, 0.3) is 0 Å². The second kappa shape index (κ2) is 14.9. The predicted molar refractivity (Wildman–Crippen MR) is 182 cm³/mol. The van der Waals surface area contributed by atoms with E-state index in [4.69, 9.17) is 4.74 Å². The Morgan fingerprint density at radius 2 is 1.60 bits per heavy atom. The van der Waals surface area contributed by atoms with Gasteiger partial charge in [-0.05, 0) is 107 Å². The number of rotatable bonds is 16. The fourth-order valence-electron chi connectivity index (χ4n) is 10.2. The lowest BCUT2D eigenvalue weighted by Crippen LogP contribution is -2.63. The topological polar surface area (TPSA) is 145 Å². The number of fused-ring (bicyclic) bond motifs is 5. The summed E-state index contributed by atoms with van der Waals surface area (Å²) in [6.45, 7) is 11.3. The van der Waals surface area contributed by atoms with Crippen molar-refractivity contribution in [2.75, 3.05) is 0 Å². The first-order valence-corrected chi connectivity index (χ1v) is 18.9. The third-order valence-corrected chi connectivity index (χ3v) is 13.3. The Labute approximate surface area is 283 Å². The first kappa shape index (κ1) is 38.5. The molecule has 0 aliphatic heterocycles. The van der Waals surface area contributed by atoms with E-state index in [1.807, 2.05) is 6.92 Å². The maximum absolute atomic E-state index is 13.7. The Bertz CT molecular complexity index is 1120. The third kappa shape index (κ3) is 7.87. The second-order valence-electron chi connectivity index (χ2n) is 17.2. The molecule has 4 aliphatic carbocycles. The highest BCUT2D eigenvalue weighted by Gasteiger charge is 2.69. The van der Waals surface area contributed by atoms with Gasteiger partial charge >= 0.3 is 5.97 Å². The zero-order valence-electron chi connectivity index (χ0n) is 30.2. The molecular weight excluding hydrogens is 596 g/mol. The summed E-state index contributed by atoms with van der Waals surface area (Å²) in [5.41, 5.74) is -4.45. The zero-order valence-corrected chi connectivity index (χ0v) is 30.2. The van der Waals surface area contributed by atoms with Crippen LogP contribution in [0.2, 0.25) is 0 Å². The van der Waals surface area contributed by atoms with Gasteiger partial charge in [-0.25, -0.2) is 0 Å². The predicted octanol–water partition coefficient (Wildman–Crippen LogP) is 6.33. The maximum atomic E-state index is 13.7. The molecule has 0 aromatic rings. The number of allylic oxidation sites excluding steroid dienone is 1. The van der Waals surface area contributed by atoms with Crippen LogP contribution in [0.25, 0.3) is 0 Å². The Balaban J connectivity index is 1.42. The van der Waals surface area contributed by atoms with E-state index in [0.717, 1.165) is 19.3 Å². The van der Waals surface area contributed by atoms with Crippen molar-refractivity contribution in [1.29, 1.82) is 0 Å². The molecule has 47 heavy (non-hydrogen) atoms. The lowest BCUT2D eigenvalue weighted by atomic mass is 9.45. The average molecular weight is 663 g/mol. The van der Waals surface area contributed by atoms with Crippen molar-refractivity contribution < 1.29 is 39.9 Å². The van der Waals surface area contributed by atoms with E-state index in [-0.39, 0.29) is 30.5 Å².